The molecule has 0 radical (unpaired) electrons. The fraction of sp³-hybridized carbons (Fsp3) is 0.188. The molecule has 0 aliphatic carbocycles. The smallest absolute Gasteiger partial charge is 0.249 e. The molecule has 20 heavy (non-hydrogen) atoms. The van der Waals surface area contributed by atoms with Gasteiger partial charge >= 0.3 is 0 Å². The summed E-state index contributed by atoms with van der Waals surface area (Å²) in [6.07, 6.45) is 0. The van der Waals surface area contributed by atoms with Gasteiger partial charge in [-0.15, -0.1) is 0 Å². The Kier molecular flexibility index (Phi) is 4.74. The SMILES string of the molecule is CNCc1cccc(OCc2ccccc2C(N)=O)c1. The van der Waals surface area contributed by atoms with Gasteiger partial charge in [-0.1, -0.05) is 30.3 Å². The zero-order valence-corrected chi connectivity index (χ0v) is 11.4. The zero-order valence-electron chi connectivity index (χ0n) is 11.4. The molecule has 0 fully saturated rings. The fourth-order valence-electron chi connectivity index (χ4n) is 2.00. The van der Waals surface area contributed by atoms with E-state index in [1.54, 1.807) is 12.1 Å². The maximum atomic E-state index is 11.3. The van der Waals surface area contributed by atoms with E-state index in [4.69, 9.17) is 10.5 Å². The van der Waals surface area contributed by atoms with Crippen molar-refractivity contribution in [2.24, 2.45) is 5.73 Å². The molecule has 2 aromatic carbocycles. The van der Waals surface area contributed by atoms with Gasteiger partial charge in [0.15, 0.2) is 0 Å². The molecule has 0 unspecified atom stereocenters. The molecule has 0 aromatic heterocycles. The van der Waals surface area contributed by atoms with Crippen LogP contribution >= 0.6 is 0 Å². The topological polar surface area (TPSA) is 64.3 Å². The van der Waals surface area contributed by atoms with Crippen molar-refractivity contribution in [3.63, 3.8) is 0 Å². The van der Waals surface area contributed by atoms with Crippen LogP contribution in [0.2, 0.25) is 0 Å². The lowest BCUT2D eigenvalue weighted by Crippen LogP contribution is -2.14. The lowest BCUT2D eigenvalue weighted by molar-refractivity contribution is 0.0998. The Balaban J connectivity index is 2.09. The number of rotatable bonds is 6. The van der Waals surface area contributed by atoms with Crippen LogP contribution in [0, 0.1) is 0 Å². The van der Waals surface area contributed by atoms with Gasteiger partial charge in [-0.05, 0) is 30.8 Å². The molecule has 1 amide bonds. The highest BCUT2D eigenvalue weighted by Gasteiger charge is 2.07. The van der Waals surface area contributed by atoms with Gasteiger partial charge in [-0.2, -0.15) is 0 Å². The van der Waals surface area contributed by atoms with Gasteiger partial charge in [0.1, 0.15) is 12.4 Å². The maximum Gasteiger partial charge on any atom is 0.249 e. The van der Waals surface area contributed by atoms with Crippen LogP contribution in [-0.2, 0) is 13.2 Å². The Hall–Kier alpha value is -2.33. The van der Waals surface area contributed by atoms with Crippen molar-refractivity contribution in [2.75, 3.05) is 7.05 Å². The van der Waals surface area contributed by atoms with Crippen LogP contribution in [0.3, 0.4) is 0 Å². The summed E-state index contributed by atoms with van der Waals surface area (Å²) in [5.74, 6) is 0.338. The van der Waals surface area contributed by atoms with Gasteiger partial charge in [0, 0.05) is 17.7 Å². The first-order valence-corrected chi connectivity index (χ1v) is 6.44. The molecule has 0 atom stereocenters. The molecule has 4 heteroatoms. The minimum Gasteiger partial charge on any atom is -0.489 e. The normalized spacial score (nSPS) is 10.2. The van der Waals surface area contributed by atoms with E-state index in [1.165, 1.54) is 0 Å². The van der Waals surface area contributed by atoms with E-state index in [-0.39, 0.29) is 0 Å². The number of ether oxygens (including phenoxy) is 1. The molecule has 3 N–H and O–H groups in total. The lowest BCUT2D eigenvalue weighted by Gasteiger charge is -2.10. The minimum absolute atomic E-state index is 0.322. The summed E-state index contributed by atoms with van der Waals surface area (Å²) in [4.78, 5) is 11.3. The van der Waals surface area contributed by atoms with Crippen LogP contribution in [-0.4, -0.2) is 13.0 Å². The fourth-order valence-corrected chi connectivity index (χ4v) is 2.00. The lowest BCUT2D eigenvalue weighted by atomic mass is 10.1. The third-order valence-electron chi connectivity index (χ3n) is 2.96. The number of carbonyl (C=O) groups excluding carboxylic acids is 1. The Morgan fingerprint density at radius 2 is 2.00 bits per heavy atom. The van der Waals surface area contributed by atoms with Crippen LogP contribution < -0.4 is 15.8 Å². The average Bonchev–Trinajstić information content (AvgIpc) is 2.46. The highest BCUT2D eigenvalue weighted by Crippen LogP contribution is 2.16. The number of hydrogen-bond donors (Lipinski definition) is 2. The van der Waals surface area contributed by atoms with Crippen molar-refractivity contribution in [3.8, 4) is 5.75 Å². The number of hydrogen-bond acceptors (Lipinski definition) is 3. The predicted octanol–water partition coefficient (Wildman–Crippen LogP) is 2.08. The summed E-state index contributed by atoms with van der Waals surface area (Å²) in [7, 11) is 1.90. The van der Waals surface area contributed by atoms with Crippen LogP contribution in [0.1, 0.15) is 21.5 Å². The number of amides is 1. The van der Waals surface area contributed by atoms with Crippen LogP contribution in [0.4, 0.5) is 0 Å². The second kappa shape index (κ2) is 6.73. The van der Waals surface area contributed by atoms with E-state index < -0.39 is 5.91 Å². The third kappa shape index (κ3) is 3.59. The van der Waals surface area contributed by atoms with Gasteiger partial charge in [0.05, 0.1) is 0 Å². The van der Waals surface area contributed by atoms with E-state index in [1.807, 2.05) is 43.4 Å². The van der Waals surface area contributed by atoms with Crippen molar-refractivity contribution < 1.29 is 9.53 Å². The molecule has 2 rings (SSSR count). The zero-order chi connectivity index (χ0) is 14.4. The van der Waals surface area contributed by atoms with Crippen molar-refractivity contribution in [1.82, 2.24) is 5.32 Å². The molecule has 104 valence electrons. The molecule has 0 aliphatic rings. The summed E-state index contributed by atoms with van der Waals surface area (Å²) in [6, 6.07) is 15.0. The summed E-state index contributed by atoms with van der Waals surface area (Å²) >= 11 is 0. The second-order valence-electron chi connectivity index (χ2n) is 4.49. The molecule has 0 bridgehead atoms. The molecule has 0 saturated carbocycles. The molecule has 0 aliphatic heterocycles. The first-order valence-electron chi connectivity index (χ1n) is 6.44. The summed E-state index contributed by atoms with van der Waals surface area (Å²) in [6.45, 7) is 1.11. The number of benzene rings is 2. The first-order chi connectivity index (χ1) is 9.70. The van der Waals surface area contributed by atoms with Crippen molar-refractivity contribution >= 4 is 5.91 Å². The maximum absolute atomic E-state index is 11.3. The Labute approximate surface area is 118 Å². The van der Waals surface area contributed by atoms with E-state index in [0.29, 0.717) is 12.2 Å². The Morgan fingerprint density at radius 1 is 1.20 bits per heavy atom. The molecule has 0 heterocycles. The van der Waals surface area contributed by atoms with E-state index in [0.717, 1.165) is 23.4 Å². The average molecular weight is 270 g/mol. The van der Waals surface area contributed by atoms with E-state index >= 15 is 0 Å². The molecular formula is C16H18N2O2. The number of nitrogens with one attached hydrogen (secondary N) is 1. The quantitative estimate of drug-likeness (QED) is 0.844. The molecular weight excluding hydrogens is 252 g/mol. The Morgan fingerprint density at radius 3 is 2.75 bits per heavy atom. The van der Waals surface area contributed by atoms with Gasteiger partial charge in [-0.3, -0.25) is 4.79 Å². The number of carbonyl (C=O) groups is 1. The number of primary amides is 1. The van der Waals surface area contributed by atoms with Gasteiger partial charge in [0.25, 0.3) is 0 Å². The molecule has 0 spiro atoms. The second-order valence-corrected chi connectivity index (χ2v) is 4.49. The largest absolute Gasteiger partial charge is 0.489 e. The molecule has 0 saturated heterocycles. The summed E-state index contributed by atoms with van der Waals surface area (Å²) in [5, 5.41) is 3.09. The highest BCUT2D eigenvalue weighted by atomic mass is 16.5. The summed E-state index contributed by atoms with van der Waals surface area (Å²) < 4.78 is 5.73. The molecule has 4 nitrogen and oxygen atoms in total. The van der Waals surface area contributed by atoms with Gasteiger partial charge < -0.3 is 15.8 Å². The summed E-state index contributed by atoms with van der Waals surface area (Å²) in [5.41, 5.74) is 7.78. The molecule has 2 aromatic rings. The van der Waals surface area contributed by atoms with Crippen molar-refractivity contribution in [1.29, 1.82) is 0 Å². The number of nitrogens with two attached hydrogens (primary N) is 1. The predicted molar refractivity (Wildman–Crippen MR) is 78.5 cm³/mol. The van der Waals surface area contributed by atoms with E-state index in [9.17, 15) is 4.79 Å². The minimum atomic E-state index is -0.437. The third-order valence-corrected chi connectivity index (χ3v) is 2.96. The first kappa shape index (κ1) is 14.1. The Bertz CT molecular complexity index is 597. The van der Waals surface area contributed by atoms with Crippen LogP contribution in [0.5, 0.6) is 5.75 Å². The van der Waals surface area contributed by atoms with Crippen molar-refractivity contribution in [2.45, 2.75) is 13.2 Å². The van der Waals surface area contributed by atoms with Gasteiger partial charge in [-0.25, -0.2) is 0 Å². The standard InChI is InChI=1S/C16H18N2O2/c1-18-10-12-5-4-7-14(9-12)20-11-13-6-2-3-8-15(13)16(17)19/h2-9,18H,10-11H2,1H3,(H2,17,19). The van der Waals surface area contributed by atoms with Crippen LogP contribution in [0.15, 0.2) is 48.5 Å². The highest BCUT2D eigenvalue weighted by molar-refractivity contribution is 5.94. The van der Waals surface area contributed by atoms with Crippen molar-refractivity contribution in [3.05, 3.63) is 65.2 Å². The van der Waals surface area contributed by atoms with Crippen LogP contribution in [0.25, 0.3) is 0 Å². The van der Waals surface area contributed by atoms with E-state index in [2.05, 4.69) is 5.32 Å². The van der Waals surface area contributed by atoms with Gasteiger partial charge in [0.2, 0.25) is 5.91 Å². The monoisotopic (exact) mass is 270 g/mol.